The molecule has 0 amide bonds. The molecule has 1 fully saturated rings. The number of methoxy groups -OCH3 is 3. The quantitative estimate of drug-likeness (QED) is 0.0464. The van der Waals surface area contributed by atoms with Crippen molar-refractivity contribution in [3.8, 4) is 11.5 Å². The molecule has 10 nitrogen and oxygen atoms in total. The van der Waals surface area contributed by atoms with Gasteiger partial charge in [-0.2, -0.15) is 0 Å². The first-order chi connectivity index (χ1) is 31.2. The second-order valence-corrected chi connectivity index (χ2v) is 32.0. The molecular weight excluding hydrogens is 865 g/mol. The van der Waals surface area contributed by atoms with Crippen molar-refractivity contribution in [1.82, 2.24) is 0 Å². The molecule has 366 valence electrons. The topological polar surface area (TPSA) is 100 Å². The van der Waals surface area contributed by atoms with E-state index in [1.54, 1.807) is 21.3 Å². The summed E-state index contributed by atoms with van der Waals surface area (Å²) in [4.78, 5) is 15.5. The fraction of sp³-hybridized carbons (Fsp3) is 0.611. The van der Waals surface area contributed by atoms with Crippen LogP contribution in [-0.2, 0) is 57.5 Å². The van der Waals surface area contributed by atoms with Crippen LogP contribution in [0.15, 0.2) is 90.5 Å². The predicted molar refractivity (Wildman–Crippen MR) is 268 cm³/mol. The molecule has 0 unspecified atom stereocenters. The second kappa shape index (κ2) is 23.9. The molecule has 12 heteroatoms. The zero-order valence-electron chi connectivity index (χ0n) is 42.5. The van der Waals surface area contributed by atoms with Crippen LogP contribution in [0.3, 0.4) is 0 Å². The summed E-state index contributed by atoms with van der Waals surface area (Å²) >= 11 is 0. The SMILES string of the molecule is COCO[C@H]1C(=O)C[C@@H]([C@@](COCc2ccc(OC)cc2)(OCc2ccccc2)[C@@H](CCO[Si](C)(C)C(C)(C)C)OCc2ccc(OC)cc2)[C@H](OCC[Si](C)(C)C)/C=C2\CC[C@H]1C2(C)C. The van der Waals surface area contributed by atoms with E-state index in [4.69, 9.17) is 42.3 Å². The Kier molecular flexibility index (Phi) is 19.5. The average Bonchev–Trinajstić information content (AvgIpc) is 3.57. The number of rotatable bonds is 25. The summed E-state index contributed by atoms with van der Waals surface area (Å²) in [5.74, 6) is 0.921. The van der Waals surface area contributed by atoms with Crippen LogP contribution in [-0.4, -0.2) is 94.0 Å². The molecule has 2 aliphatic carbocycles. The number of carbonyl (C=O) groups is 1. The van der Waals surface area contributed by atoms with Crippen LogP contribution in [0.5, 0.6) is 11.5 Å². The van der Waals surface area contributed by atoms with Gasteiger partial charge in [0.2, 0.25) is 0 Å². The Morgan fingerprint density at radius 1 is 0.758 bits per heavy atom. The largest absolute Gasteiger partial charge is 0.497 e. The normalized spacial score (nSPS) is 22.4. The van der Waals surface area contributed by atoms with E-state index in [2.05, 4.69) is 85.6 Å². The van der Waals surface area contributed by atoms with Gasteiger partial charge in [0.15, 0.2) is 14.1 Å². The molecule has 66 heavy (non-hydrogen) atoms. The van der Waals surface area contributed by atoms with Crippen molar-refractivity contribution in [3.63, 3.8) is 0 Å². The van der Waals surface area contributed by atoms with Gasteiger partial charge in [0, 0.05) is 46.7 Å². The number of ether oxygens (including phenoxy) is 8. The van der Waals surface area contributed by atoms with Crippen molar-refractivity contribution < 1.29 is 47.1 Å². The van der Waals surface area contributed by atoms with Crippen molar-refractivity contribution in [2.24, 2.45) is 17.3 Å². The fourth-order valence-electron chi connectivity index (χ4n) is 9.06. The standard InChI is InChI=1S/C54H82O10Si2/c1-52(2,3)66(12,13)64-30-29-50(61-36-42-21-26-45(58-8)27-22-42)54(63-37-40-17-15-14-16-18-40,38-59-35-41-19-24-44(57-7)25-20-41)47-34-48(55)51(62-39-56-6)46-28-23-43(53(46,4)5)33-49(47)60-31-32-65(9,10)11/h14-22,24-27,33,46-47,49-51H,23,28-32,34-39H2,1-13H3/b43-33+/t46-,47-,49-,50-,51-,54-/m1/s1. The lowest BCUT2D eigenvalue weighted by atomic mass is 9.73. The molecule has 1 saturated carbocycles. The number of hydrogen-bond donors (Lipinski definition) is 0. The summed E-state index contributed by atoms with van der Waals surface area (Å²) in [6.45, 7) is 24.9. The van der Waals surface area contributed by atoms with Gasteiger partial charge in [-0.15, -0.1) is 0 Å². The van der Waals surface area contributed by atoms with E-state index in [-0.39, 0.29) is 55.2 Å². The summed E-state index contributed by atoms with van der Waals surface area (Å²) in [7, 11) is 1.19. The molecule has 0 heterocycles. The van der Waals surface area contributed by atoms with Gasteiger partial charge in [-0.05, 0) is 89.8 Å². The zero-order valence-corrected chi connectivity index (χ0v) is 44.5. The van der Waals surface area contributed by atoms with E-state index in [0.717, 1.165) is 47.1 Å². The zero-order chi connectivity index (χ0) is 48.2. The Morgan fingerprint density at radius 3 is 1.94 bits per heavy atom. The maximum absolute atomic E-state index is 15.5. The second-order valence-electron chi connectivity index (χ2n) is 21.6. The Labute approximate surface area is 399 Å². The molecule has 5 rings (SSSR count). The first-order valence-electron chi connectivity index (χ1n) is 24.0. The van der Waals surface area contributed by atoms with Crippen LogP contribution in [0.25, 0.3) is 0 Å². The van der Waals surface area contributed by atoms with Crippen LogP contribution in [0.2, 0.25) is 43.8 Å². The highest BCUT2D eigenvalue weighted by molar-refractivity contribution is 6.76. The molecule has 0 aromatic heterocycles. The predicted octanol–water partition coefficient (Wildman–Crippen LogP) is 11.8. The summed E-state index contributed by atoms with van der Waals surface area (Å²) in [5, 5.41) is -0.0101. The first kappa shape index (κ1) is 53.8. The van der Waals surface area contributed by atoms with Crippen molar-refractivity contribution in [2.45, 2.75) is 148 Å². The summed E-state index contributed by atoms with van der Waals surface area (Å²) in [5.41, 5.74) is 2.63. The fourth-order valence-corrected chi connectivity index (χ4v) is 10.9. The van der Waals surface area contributed by atoms with E-state index in [1.165, 1.54) is 5.57 Å². The molecule has 3 aromatic rings. The molecule has 3 aromatic carbocycles. The van der Waals surface area contributed by atoms with Crippen molar-refractivity contribution >= 4 is 22.2 Å². The maximum atomic E-state index is 15.5. The smallest absolute Gasteiger partial charge is 0.191 e. The number of allylic oxidation sites excluding steroid dienone is 1. The number of fused-ring (bicyclic) bond motifs is 2. The van der Waals surface area contributed by atoms with Crippen molar-refractivity contribution in [1.29, 1.82) is 0 Å². The average molecular weight is 947 g/mol. The summed E-state index contributed by atoms with van der Waals surface area (Å²) < 4.78 is 59.1. The lowest BCUT2D eigenvalue weighted by molar-refractivity contribution is -0.232. The number of ketones is 1. The number of Topliss-reactive ketones (excluding diaryl/α,β-unsaturated/α-hetero) is 1. The van der Waals surface area contributed by atoms with Gasteiger partial charge in [-0.3, -0.25) is 4.79 Å². The van der Waals surface area contributed by atoms with Gasteiger partial charge >= 0.3 is 0 Å². The van der Waals surface area contributed by atoms with Crippen LogP contribution >= 0.6 is 0 Å². The van der Waals surface area contributed by atoms with Crippen LogP contribution in [0.1, 0.15) is 77.0 Å². The lowest BCUT2D eigenvalue weighted by Crippen LogP contribution is -2.60. The molecule has 0 saturated heterocycles. The minimum absolute atomic E-state index is 0.000241. The molecule has 2 aliphatic rings. The number of benzene rings is 3. The molecule has 0 N–H and O–H groups in total. The highest BCUT2D eigenvalue weighted by atomic mass is 28.4. The van der Waals surface area contributed by atoms with Crippen LogP contribution < -0.4 is 9.47 Å². The van der Waals surface area contributed by atoms with E-state index in [0.29, 0.717) is 26.2 Å². The minimum Gasteiger partial charge on any atom is -0.497 e. The highest BCUT2D eigenvalue weighted by Gasteiger charge is 2.56. The Bertz CT molecular complexity index is 1960. The Balaban J connectivity index is 1.75. The van der Waals surface area contributed by atoms with E-state index < -0.39 is 46.2 Å². The first-order valence-corrected chi connectivity index (χ1v) is 30.6. The lowest BCUT2D eigenvalue weighted by Gasteiger charge is -2.48. The molecule has 0 aliphatic heterocycles. The van der Waals surface area contributed by atoms with Gasteiger partial charge in [0.1, 0.15) is 30.0 Å². The molecule has 0 spiro atoms. The molecule has 6 atom stereocenters. The van der Waals surface area contributed by atoms with E-state index >= 15 is 4.79 Å². The highest BCUT2D eigenvalue weighted by Crippen LogP contribution is 2.52. The minimum atomic E-state index is -2.21. The van der Waals surface area contributed by atoms with Crippen LogP contribution in [0.4, 0.5) is 0 Å². The maximum Gasteiger partial charge on any atom is 0.191 e. The van der Waals surface area contributed by atoms with Gasteiger partial charge < -0.3 is 42.3 Å². The molecule has 0 radical (unpaired) electrons. The van der Waals surface area contributed by atoms with E-state index in [9.17, 15) is 0 Å². The molecular formula is C54H82O10Si2. The molecule has 2 bridgehead atoms. The van der Waals surface area contributed by atoms with Crippen molar-refractivity contribution in [2.75, 3.05) is 47.9 Å². The van der Waals surface area contributed by atoms with Crippen molar-refractivity contribution in [3.05, 3.63) is 107 Å². The monoisotopic (exact) mass is 947 g/mol. The van der Waals surface area contributed by atoms with Gasteiger partial charge in [-0.25, -0.2) is 0 Å². The summed E-state index contributed by atoms with van der Waals surface area (Å²) in [6.07, 6.45) is 2.75. The Morgan fingerprint density at radius 2 is 1.36 bits per heavy atom. The van der Waals surface area contributed by atoms with Gasteiger partial charge in [-0.1, -0.05) is 121 Å². The third-order valence-corrected chi connectivity index (χ3v) is 20.7. The summed E-state index contributed by atoms with van der Waals surface area (Å²) in [6, 6.07) is 27.1. The number of hydrogen-bond acceptors (Lipinski definition) is 10. The third kappa shape index (κ3) is 14.4. The van der Waals surface area contributed by atoms with Gasteiger partial charge in [0.05, 0.1) is 52.9 Å². The van der Waals surface area contributed by atoms with Crippen LogP contribution in [0, 0.1) is 17.3 Å². The van der Waals surface area contributed by atoms with E-state index in [1.807, 2.05) is 66.7 Å². The third-order valence-electron chi connectivity index (χ3n) is 14.4. The van der Waals surface area contributed by atoms with Gasteiger partial charge in [0.25, 0.3) is 0 Å². The Hall–Kier alpha value is -3.18. The number of carbonyl (C=O) groups excluding carboxylic acids is 1.